The third-order valence-corrected chi connectivity index (χ3v) is 4.86. The van der Waals surface area contributed by atoms with Gasteiger partial charge in [-0.05, 0) is 48.4 Å². The molecule has 1 aliphatic heterocycles. The fourth-order valence-corrected chi connectivity index (χ4v) is 3.18. The lowest BCUT2D eigenvalue weighted by molar-refractivity contribution is 0.0535. The molecular formula is C22H25ClN2O3. The first-order valence-corrected chi connectivity index (χ1v) is 9.89. The molecule has 3 rings (SSSR count). The van der Waals surface area contributed by atoms with E-state index in [9.17, 15) is 9.59 Å². The average Bonchev–Trinajstić information content (AvgIpc) is 2.72. The quantitative estimate of drug-likeness (QED) is 0.762. The smallest absolute Gasteiger partial charge is 0.254 e. The molecule has 0 aliphatic carbocycles. The van der Waals surface area contributed by atoms with Crippen LogP contribution in [-0.2, 0) is 0 Å². The van der Waals surface area contributed by atoms with Crippen LogP contribution in [0.3, 0.4) is 0 Å². The fourth-order valence-electron chi connectivity index (χ4n) is 3.05. The molecular weight excluding hydrogens is 376 g/mol. The molecule has 1 aliphatic rings. The Labute approximate surface area is 170 Å². The molecule has 0 saturated carbocycles. The summed E-state index contributed by atoms with van der Waals surface area (Å²) in [5.74, 6) is 1.06. The maximum absolute atomic E-state index is 12.8. The van der Waals surface area contributed by atoms with Crippen molar-refractivity contribution in [1.29, 1.82) is 0 Å². The molecule has 2 aromatic rings. The van der Waals surface area contributed by atoms with Crippen molar-refractivity contribution in [3.8, 4) is 5.75 Å². The number of hydrogen-bond donors (Lipinski definition) is 0. The number of benzene rings is 2. The van der Waals surface area contributed by atoms with Crippen LogP contribution in [0.4, 0.5) is 0 Å². The van der Waals surface area contributed by atoms with Crippen molar-refractivity contribution in [3.05, 3.63) is 64.7 Å². The summed E-state index contributed by atoms with van der Waals surface area (Å²) < 4.78 is 5.72. The van der Waals surface area contributed by atoms with Gasteiger partial charge in [-0.2, -0.15) is 0 Å². The fraction of sp³-hybridized carbons (Fsp3) is 0.364. The van der Waals surface area contributed by atoms with Gasteiger partial charge in [-0.25, -0.2) is 0 Å². The van der Waals surface area contributed by atoms with Gasteiger partial charge in [0.1, 0.15) is 5.75 Å². The summed E-state index contributed by atoms with van der Waals surface area (Å²) in [6.45, 7) is 6.82. The van der Waals surface area contributed by atoms with Crippen molar-refractivity contribution in [2.75, 3.05) is 32.8 Å². The van der Waals surface area contributed by atoms with Crippen LogP contribution in [0.5, 0.6) is 5.75 Å². The van der Waals surface area contributed by atoms with Crippen molar-refractivity contribution in [2.45, 2.75) is 13.8 Å². The van der Waals surface area contributed by atoms with Gasteiger partial charge in [-0.15, -0.1) is 0 Å². The molecule has 0 aromatic heterocycles. The van der Waals surface area contributed by atoms with Crippen LogP contribution < -0.4 is 4.74 Å². The van der Waals surface area contributed by atoms with E-state index in [4.69, 9.17) is 16.3 Å². The number of carbonyl (C=O) groups excluding carboxylic acids is 2. The minimum Gasteiger partial charge on any atom is -0.493 e. The van der Waals surface area contributed by atoms with E-state index in [1.165, 1.54) is 0 Å². The Morgan fingerprint density at radius 2 is 1.50 bits per heavy atom. The van der Waals surface area contributed by atoms with Crippen LogP contribution in [0, 0.1) is 5.92 Å². The third kappa shape index (κ3) is 5.04. The molecule has 0 spiro atoms. The normalized spacial score (nSPS) is 14.3. The summed E-state index contributed by atoms with van der Waals surface area (Å²) >= 11 is 5.88. The van der Waals surface area contributed by atoms with Gasteiger partial charge in [-0.3, -0.25) is 9.59 Å². The Hall–Kier alpha value is -2.53. The zero-order valence-electron chi connectivity index (χ0n) is 16.2. The van der Waals surface area contributed by atoms with Crippen LogP contribution >= 0.6 is 11.6 Å². The molecule has 0 N–H and O–H groups in total. The minimum absolute atomic E-state index is 0.0337. The van der Waals surface area contributed by atoms with Crippen LogP contribution in [-0.4, -0.2) is 54.4 Å². The predicted molar refractivity (Wildman–Crippen MR) is 110 cm³/mol. The standard InChI is InChI=1S/C22H25ClN2O3/c1-16(2)15-28-20-5-3-4-18(14-20)22(27)25-12-10-24(11-13-25)21(26)17-6-8-19(23)9-7-17/h3-9,14,16H,10-13,15H2,1-2H3. The third-order valence-electron chi connectivity index (χ3n) is 4.61. The van der Waals surface area contributed by atoms with E-state index < -0.39 is 0 Å². The Bertz CT molecular complexity index is 828. The second-order valence-corrected chi connectivity index (χ2v) is 7.76. The summed E-state index contributed by atoms with van der Waals surface area (Å²) in [6.07, 6.45) is 0. The van der Waals surface area contributed by atoms with Gasteiger partial charge >= 0.3 is 0 Å². The maximum Gasteiger partial charge on any atom is 0.254 e. The van der Waals surface area contributed by atoms with E-state index in [1.807, 2.05) is 12.1 Å². The molecule has 2 amide bonds. The van der Waals surface area contributed by atoms with E-state index >= 15 is 0 Å². The van der Waals surface area contributed by atoms with Crippen molar-refractivity contribution in [2.24, 2.45) is 5.92 Å². The molecule has 1 fully saturated rings. The molecule has 5 nitrogen and oxygen atoms in total. The monoisotopic (exact) mass is 400 g/mol. The average molecular weight is 401 g/mol. The number of amides is 2. The van der Waals surface area contributed by atoms with Crippen LogP contribution in [0.2, 0.25) is 5.02 Å². The summed E-state index contributed by atoms with van der Waals surface area (Å²) in [4.78, 5) is 29.0. The van der Waals surface area contributed by atoms with Gasteiger partial charge in [0, 0.05) is 42.3 Å². The lowest BCUT2D eigenvalue weighted by Gasteiger charge is -2.35. The van der Waals surface area contributed by atoms with Crippen molar-refractivity contribution >= 4 is 23.4 Å². The van der Waals surface area contributed by atoms with Gasteiger partial charge in [0.05, 0.1) is 6.61 Å². The summed E-state index contributed by atoms with van der Waals surface area (Å²) in [6, 6.07) is 14.2. The van der Waals surface area contributed by atoms with Gasteiger partial charge in [0.2, 0.25) is 0 Å². The zero-order chi connectivity index (χ0) is 20.1. The first-order chi connectivity index (χ1) is 13.4. The van der Waals surface area contributed by atoms with Crippen molar-refractivity contribution < 1.29 is 14.3 Å². The molecule has 28 heavy (non-hydrogen) atoms. The Balaban J connectivity index is 1.58. The van der Waals surface area contributed by atoms with Gasteiger partial charge in [0.25, 0.3) is 11.8 Å². The molecule has 1 heterocycles. The summed E-state index contributed by atoms with van der Waals surface area (Å²) in [5.41, 5.74) is 1.22. The maximum atomic E-state index is 12.8. The minimum atomic E-state index is -0.0344. The van der Waals surface area contributed by atoms with Gasteiger partial charge < -0.3 is 14.5 Å². The number of nitrogens with zero attached hydrogens (tertiary/aromatic N) is 2. The second kappa shape index (κ2) is 9.11. The first-order valence-electron chi connectivity index (χ1n) is 9.51. The van der Waals surface area contributed by atoms with Gasteiger partial charge in [0.15, 0.2) is 0 Å². The Kier molecular flexibility index (Phi) is 6.57. The van der Waals surface area contributed by atoms with E-state index in [-0.39, 0.29) is 11.8 Å². The molecule has 0 unspecified atom stereocenters. The lowest BCUT2D eigenvalue weighted by Crippen LogP contribution is -2.50. The first kappa shape index (κ1) is 20.2. The van der Waals surface area contributed by atoms with Crippen LogP contribution in [0.25, 0.3) is 0 Å². The summed E-state index contributed by atoms with van der Waals surface area (Å²) in [7, 11) is 0. The molecule has 148 valence electrons. The van der Waals surface area contributed by atoms with Crippen molar-refractivity contribution in [1.82, 2.24) is 9.80 Å². The molecule has 0 radical (unpaired) electrons. The predicted octanol–water partition coefficient (Wildman–Crippen LogP) is 3.97. The number of ether oxygens (including phenoxy) is 1. The second-order valence-electron chi connectivity index (χ2n) is 7.32. The number of rotatable bonds is 5. The highest BCUT2D eigenvalue weighted by atomic mass is 35.5. The largest absolute Gasteiger partial charge is 0.493 e. The molecule has 1 saturated heterocycles. The molecule has 0 bridgehead atoms. The number of hydrogen-bond acceptors (Lipinski definition) is 3. The highest BCUT2D eigenvalue weighted by Crippen LogP contribution is 2.18. The van der Waals surface area contributed by atoms with E-state index in [0.29, 0.717) is 60.6 Å². The molecule has 2 aromatic carbocycles. The van der Waals surface area contributed by atoms with Crippen molar-refractivity contribution in [3.63, 3.8) is 0 Å². The highest BCUT2D eigenvalue weighted by molar-refractivity contribution is 6.30. The molecule has 6 heteroatoms. The van der Waals surface area contributed by atoms with Crippen LogP contribution in [0.1, 0.15) is 34.6 Å². The van der Waals surface area contributed by atoms with Gasteiger partial charge in [-0.1, -0.05) is 31.5 Å². The topological polar surface area (TPSA) is 49.9 Å². The zero-order valence-corrected chi connectivity index (χ0v) is 17.0. The SMILES string of the molecule is CC(C)COc1cccc(C(=O)N2CCN(C(=O)c3ccc(Cl)cc3)CC2)c1. The Morgan fingerprint density at radius 1 is 0.929 bits per heavy atom. The van der Waals surface area contributed by atoms with E-state index in [0.717, 1.165) is 0 Å². The Morgan fingerprint density at radius 3 is 2.07 bits per heavy atom. The molecule has 0 atom stereocenters. The number of carbonyl (C=O) groups is 2. The number of piperazine rings is 1. The van der Waals surface area contributed by atoms with E-state index in [2.05, 4.69) is 13.8 Å². The number of halogens is 1. The highest BCUT2D eigenvalue weighted by Gasteiger charge is 2.25. The summed E-state index contributed by atoms with van der Waals surface area (Å²) in [5, 5.41) is 0.603. The van der Waals surface area contributed by atoms with Crippen LogP contribution in [0.15, 0.2) is 48.5 Å². The lowest BCUT2D eigenvalue weighted by atomic mass is 10.1. The van der Waals surface area contributed by atoms with E-state index in [1.54, 1.807) is 46.2 Å².